The summed E-state index contributed by atoms with van der Waals surface area (Å²) in [7, 11) is 0. The average Bonchev–Trinajstić information content (AvgIpc) is 3.06. The summed E-state index contributed by atoms with van der Waals surface area (Å²) in [5, 5.41) is 14.2. The second-order valence-corrected chi connectivity index (χ2v) is 4.59. The maximum atomic E-state index is 5.97. The minimum atomic E-state index is 0.522. The lowest BCUT2D eigenvalue weighted by Crippen LogP contribution is -1.93. The quantitative estimate of drug-likeness (QED) is 0.768. The molecule has 2 aromatic heterocycles. The summed E-state index contributed by atoms with van der Waals surface area (Å²) >= 11 is 5.97. The number of hydrogen-bond donors (Lipinski definition) is 2. The maximum absolute atomic E-state index is 5.97. The Labute approximate surface area is 115 Å². The smallest absolute Gasteiger partial charge is 0.200 e. The Morgan fingerprint density at radius 2 is 1.89 bits per heavy atom. The first kappa shape index (κ1) is 11.9. The molecular formula is C13H12ClN5. The number of hydrogen-bond acceptors (Lipinski definition) is 3. The van der Waals surface area contributed by atoms with Crippen LogP contribution in [0.5, 0.6) is 0 Å². The van der Waals surface area contributed by atoms with Crippen LogP contribution >= 0.6 is 11.6 Å². The molecule has 19 heavy (non-hydrogen) atoms. The molecule has 0 aliphatic heterocycles. The highest BCUT2D eigenvalue weighted by Crippen LogP contribution is 2.21. The molecule has 0 saturated heterocycles. The standard InChI is InChI=1S/C13H12ClN5/c14-10-8-15-18-12(10)13-16-11(17-19-13)7-6-9-4-2-1-3-5-9/h1-5,8H,6-7H2,(H,15,18)(H,16,17,19). The molecule has 0 unspecified atom stereocenters. The molecule has 3 rings (SSSR count). The molecule has 5 nitrogen and oxygen atoms in total. The zero-order chi connectivity index (χ0) is 13.1. The van der Waals surface area contributed by atoms with Crippen molar-refractivity contribution >= 4 is 11.6 Å². The molecule has 0 spiro atoms. The number of nitrogens with one attached hydrogen (secondary N) is 2. The number of nitrogens with zero attached hydrogens (tertiary/aromatic N) is 3. The second kappa shape index (κ2) is 5.24. The van der Waals surface area contributed by atoms with Crippen molar-refractivity contribution in [2.75, 3.05) is 0 Å². The van der Waals surface area contributed by atoms with Crippen LogP contribution in [0.2, 0.25) is 5.02 Å². The summed E-state index contributed by atoms with van der Waals surface area (Å²) in [6.07, 6.45) is 3.27. The normalized spacial score (nSPS) is 10.8. The number of halogens is 1. The Balaban J connectivity index is 1.71. The molecule has 0 radical (unpaired) electrons. The van der Waals surface area contributed by atoms with Crippen molar-refractivity contribution in [2.24, 2.45) is 0 Å². The molecule has 96 valence electrons. The van der Waals surface area contributed by atoms with E-state index < -0.39 is 0 Å². The van der Waals surface area contributed by atoms with Crippen LogP contribution in [0.1, 0.15) is 11.4 Å². The number of benzene rings is 1. The first-order chi connectivity index (χ1) is 9.33. The molecule has 0 aliphatic carbocycles. The second-order valence-electron chi connectivity index (χ2n) is 4.18. The maximum Gasteiger partial charge on any atom is 0.200 e. The molecule has 0 bridgehead atoms. The zero-order valence-electron chi connectivity index (χ0n) is 10.1. The van der Waals surface area contributed by atoms with Crippen LogP contribution in [-0.2, 0) is 12.8 Å². The van der Waals surface area contributed by atoms with Gasteiger partial charge in [0.1, 0.15) is 11.5 Å². The van der Waals surface area contributed by atoms with Gasteiger partial charge in [-0.1, -0.05) is 41.9 Å². The molecule has 3 aromatic rings. The monoisotopic (exact) mass is 273 g/mol. The lowest BCUT2D eigenvalue weighted by molar-refractivity contribution is 0.865. The summed E-state index contributed by atoms with van der Waals surface area (Å²) in [6.45, 7) is 0. The van der Waals surface area contributed by atoms with Crippen LogP contribution in [0.15, 0.2) is 36.5 Å². The van der Waals surface area contributed by atoms with E-state index in [1.54, 1.807) is 0 Å². The van der Waals surface area contributed by atoms with E-state index in [1.807, 2.05) is 18.2 Å². The van der Waals surface area contributed by atoms with Crippen LogP contribution < -0.4 is 0 Å². The van der Waals surface area contributed by atoms with Gasteiger partial charge in [-0.15, -0.1) is 0 Å². The summed E-state index contributed by atoms with van der Waals surface area (Å²) in [6, 6.07) is 10.3. The van der Waals surface area contributed by atoms with Crippen molar-refractivity contribution in [3.05, 3.63) is 52.9 Å². The highest BCUT2D eigenvalue weighted by atomic mass is 35.5. The predicted molar refractivity (Wildman–Crippen MR) is 72.8 cm³/mol. The van der Waals surface area contributed by atoms with Crippen LogP contribution in [0.4, 0.5) is 0 Å². The van der Waals surface area contributed by atoms with Gasteiger partial charge in [-0.3, -0.25) is 10.2 Å². The molecule has 0 atom stereocenters. The number of aromatic amines is 2. The fraction of sp³-hybridized carbons (Fsp3) is 0.154. The largest absolute Gasteiger partial charge is 0.273 e. The van der Waals surface area contributed by atoms with E-state index in [2.05, 4.69) is 37.5 Å². The van der Waals surface area contributed by atoms with Gasteiger partial charge in [0.15, 0.2) is 0 Å². The third-order valence-electron chi connectivity index (χ3n) is 2.84. The Morgan fingerprint density at radius 3 is 2.63 bits per heavy atom. The molecule has 0 amide bonds. The molecule has 1 aromatic carbocycles. The zero-order valence-corrected chi connectivity index (χ0v) is 10.9. The van der Waals surface area contributed by atoms with Gasteiger partial charge in [0, 0.05) is 6.42 Å². The minimum Gasteiger partial charge on any atom is -0.273 e. The highest BCUT2D eigenvalue weighted by Gasteiger charge is 2.11. The lowest BCUT2D eigenvalue weighted by atomic mass is 10.1. The van der Waals surface area contributed by atoms with E-state index in [1.165, 1.54) is 11.8 Å². The number of rotatable bonds is 4. The molecular weight excluding hydrogens is 262 g/mol. The van der Waals surface area contributed by atoms with Crippen LogP contribution in [0.3, 0.4) is 0 Å². The average molecular weight is 274 g/mol. The number of aryl methyl sites for hydroxylation is 2. The van der Waals surface area contributed by atoms with Gasteiger partial charge in [-0.05, 0) is 12.0 Å². The summed E-state index contributed by atoms with van der Waals surface area (Å²) in [5.74, 6) is 1.38. The first-order valence-corrected chi connectivity index (χ1v) is 6.35. The summed E-state index contributed by atoms with van der Waals surface area (Å²) < 4.78 is 0. The van der Waals surface area contributed by atoms with Crippen LogP contribution in [0.25, 0.3) is 11.5 Å². The fourth-order valence-electron chi connectivity index (χ4n) is 1.85. The van der Waals surface area contributed by atoms with Gasteiger partial charge in [0.05, 0.1) is 11.2 Å². The highest BCUT2D eigenvalue weighted by molar-refractivity contribution is 6.32. The Bertz CT molecular complexity index is 658. The first-order valence-electron chi connectivity index (χ1n) is 5.97. The van der Waals surface area contributed by atoms with E-state index >= 15 is 0 Å². The van der Waals surface area contributed by atoms with Crippen molar-refractivity contribution in [3.8, 4) is 11.5 Å². The predicted octanol–water partition coefficient (Wildman–Crippen LogP) is 2.63. The van der Waals surface area contributed by atoms with Gasteiger partial charge in [-0.2, -0.15) is 10.2 Å². The van der Waals surface area contributed by atoms with E-state index in [4.69, 9.17) is 11.6 Å². The number of H-pyrrole nitrogens is 2. The SMILES string of the molecule is Clc1cn[nH]c1-c1n[nH]c(CCc2ccccc2)n1. The third-order valence-corrected chi connectivity index (χ3v) is 3.13. The Morgan fingerprint density at radius 1 is 1.05 bits per heavy atom. The van der Waals surface area contributed by atoms with Gasteiger partial charge in [0.2, 0.25) is 5.82 Å². The van der Waals surface area contributed by atoms with E-state index in [0.717, 1.165) is 18.7 Å². The Kier molecular flexibility index (Phi) is 3.29. The topological polar surface area (TPSA) is 70.2 Å². The van der Waals surface area contributed by atoms with Crippen LogP contribution in [-0.4, -0.2) is 25.4 Å². The van der Waals surface area contributed by atoms with Crippen molar-refractivity contribution in [3.63, 3.8) is 0 Å². The van der Waals surface area contributed by atoms with E-state index in [9.17, 15) is 0 Å². The van der Waals surface area contributed by atoms with Gasteiger partial charge in [-0.25, -0.2) is 4.98 Å². The molecule has 0 aliphatic rings. The molecule has 0 saturated carbocycles. The molecule has 2 heterocycles. The van der Waals surface area contributed by atoms with Gasteiger partial charge in [0.25, 0.3) is 0 Å². The van der Waals surface area contributed by atoms with E-state index in [-0.39, 0.29) is 0 Å². The van der Waals surface area contributed by atoms with Crippen molar-refractivity contribution < 1.29 is 0 Å². The van der Waals surface area contributed by atoms with Crippen molar-refractivity contribution in [1.29, 1.82) is 0 Å². The minimum absolute atomic E-state index is 0.522. The fourth-order valence-corrected chi connectivity index (χ4v) is 2.03. The summed E-state index contributed by atoms with van der Waals surface area (Å²) in [5.41, 5.74) is 1.92. The third kappa shape index (κ3) is 2.66. The lowest BCUT2D eigenvalue weighted by Gasteiger charge is -1.97. The van der Waals surface area contributed by atoms with Gasteiger partial charge >= 0.3 is 0 Å². The molecule has 6 heteroatoms. The van der Waals surface area contributed by atoms with Crippen molar-refractivity contribution in [1.82, 2.24) is 25.4 Å². The molecule has 0 fully saturated rings. The number of aromatic nitrogens is 5. The van der Waals surface area contributed by atoms with Crippen LogP contribution in [0, 0.1) is 0 Å². The van der Waals surface area contributed by atoms with Crippen molar-refractivity contribution in [2.45, 2.75) is 12.8 Å². The molecule has 2 N–H and O–H groups in total. The summed E-state index contributed by atoms with van der Waals surface area (Å²) in [4.78, 5) is 4.41. The Hall–Kier alpha value is -2.14. The van der Waals surface area contributed by atoms with E-state index in [0.29, 0.717) is 16.5 Å². The van der Waals surface area contributed by atoms with Gasteiger partial charge < -0.3 is 0 Å².